The number of amides is 1. The van der Waals surface area contributed by atoms with Crippen LogP contribution >= 0.6 is 0 Å². The number of hydrogen-bond acceptors (Lipinski definition) is 5. The fourth-order valence-corrected chi connectivity index (χ4v) is 4.68. The summed E-state index contributed by atoms with van der Waals surface area (Å²) in [5, 5.41) is 0. The molecule has 0 aliphatic carbocycles. The zero-order valence-corrected chi connectivity index (χ0v) is 20.5. The largest absolute Gasteiger partial charge is 0.497 e. The Morgan fingerprint density at radius 3 is 2.51 bits per heavy atom. The van der Waals surface area contributed by atoms with Crippen LogP contribution in [0, 0.1) is 0 Å². The number of methoxy groups -OCH3 is 1. The zero-order valence-electron chi connectivity index (χ0n) is 20.5. The molecule has 0 bridgehead atoms. The molecular formula is C28H26F3N3O3. The molecule has 0 spiro atoms. The molecule has 1 fully saturated rings. The zero-order chi connectivity index (χ0) is 26.2. The summed E-state index contributed by atoms with van der Waals surface area (Å²) in [4.78, 5) is 21.8. The average molecular weight is 510 g/mol. The van der Waals surface area contributed by atoms with E-state index in [9.17, 15) is 18.0 Å². The first-order valence-corrected chi connectivity index (χ1v) is 12.0. The topological polar surface area (TPSA) is 54.4 Å². The Hall–Kier alpha value is -4.01. The van der Waals surface area contributed by atoms with Crippen molar-refractivity contribution in [2.45, 2.75) is 25.6 Å². The van der Waals surface area contributed by atoms with Crippen LogP contribution in [0.15, 0.2) is 71.7 Å². The van der Waals surface area contributed by atoms with Crippen molar-refractivity contribution in [3.8, 4) is 17.2 Å². The van der Waals surface area contributed by atoms with Gasteiger partial charge in [-0.3, -0.25) is 4.79 Å². The highest BCUT2D eigenvalue weighted by molar-refractivity contribution is 6.04. The highest BCUT2D eigenvalue weighted by atomic mass is 19.4. The SMILES string of the molecule is COc1ccc(CC(=O)N2CCN(C3=Nc4ccc(C(F)(F)F)cc4Oc4ccccc43)C[C@H]2C)cc1. The molecule has 0 N–H and O–H groups in total. The molecule has 2 heterocycles. The van der Waals surface area contributed by atoms with Crippen molar-refractivity contribution >= 4 is 17.4 Å². The number of halogens is 3. The van der Waals surface area contributed by atoms with E-state index >= 15 is 0 Å². The summed E-state index contributed by atoms with van der Waals surface area (Å²) in [7, 11) is 1.60. The lowest BCUT2D eigenvalue weighted by molar-refractivity contribution is -0.137. The lowest BCUT2D eigenvalue weighted by Crippen LogP contribution is -2.55. The molecule has 5 rings (SSSR count). The van der Waals surface area contributed by atoms with Crippen molar-refractivity contribution in [3.05, 3.63) is 83.4 Å². The Morgan fingerprint density at radius 2 is 1.81 bits per heavy atom. The number of ether oxygens (including phenoxy) is 2. The van der Waals surface area contributed by atoms with Crippen LogP contribution in [-0.4, -0.2) is 54.3 Å². The number of piperazine rings is 1. The van der Waals surface area contributed by atoms with Crippen LogP contribution in [0.1, 0.15) is 23.6 Å². The van der Waals surface area contributed by atoms with Gasteiger partial charge in [-0.2, -0.15) is 13.2 Å². The van der Waals surface area contributed by atoms with E-state index in [1.807, 2.05) is 48.2 Å². The fraction of sp³-hybridized carbons (Fsp3) is 0.286. The van der Waals surface area contributed by atoms with Gasteiger partial charge >= 0.3 is 6.18 Å². The third-order valence-corrected chi connectivity index (χ3v) is 6.62. The van der Waals surface area contributed by atoms with E-state index < -0.39 is 11.7 Å². The highest BCUT2D eigenvalue weighted by Crippen LogP contribution is 2.42. The van der Waals surface area contributed by atoms with Crippen LogP contribution in [0.3, 0.4) is 0 Å². The summed E-state index contributed by atoms with van der Waals surface area (Å²) >= 11 is 0. The summed E-state index contributed by atoms with van der Waals surface area (Å²) in [6.07, 6.45) is -4.19. The van der Waals surface area contributed by atoms with Crippen molar-refractivity contribution in [3.63, 3.8) is 0 Å². The number of para-hydroxylation sites is 1. The monoisotopic (exact) mass is 509 g/mol. The van der Waals surface area contributed by atoms with Crippen molar-refractivity contribution in [1.82, 2.24) is 9.80 Å². The highest BCUT2D eigenvalue weighted by Gasteiger charge is 2.34. The van der Waals surface area contributed by atoms with Gasteiger partial charge < -0.3 is 19.3 Å². The van der Waals surface area contributed by atoms with Gasteiger partial charge in [-0.15, -0.1) is 0 Å². The number of hydrogen-bond donors (Lipinski definition) is 0. The Bertz CT molecular complexity index is 1340. The molecule has 0 radical (unpaired) electrons. The maximum absolute atomic E-state index is 13.3. The number of aliphatic imine (C=N–C) groups is 1. The number of alkyl halides is 3. The van der Waals surface area contributed by atoms with Gasteiger partial charge in [0.05, 0.1) is 24.7 Å². The van der Waals surface area contributed by atoms with Crippen molar-refractivity contribution in [1.29, 1.82) is 0 Å². The Kier molecular flexibility index (Phi) is 6.54. The second-order valence-corrected chi connectivity index (χ2v) is 9.12. The van der Waals surface area contributed by atoms with E-state index in [2.05, 4.69) is 4.90 Å². The van der Waals surface area contributed by atoms with Crippen molar-refractivity contribution in [2.75, 3.05) is 26.7 Å². The molecule has 3 aromatic carbocycles. The van der Waals surface area contributed by atoms with Gasteiger partial charge in [0, 0.05) is 25.7 Å². The first kappa shape index (κ1) is 24.7. The van der Waals surface area contributed by atoms with E-state index in [1.165, 1.54) is 6.07 Å². The lowest BCUT2D eigenvalue weighted by Gasteiger charge is -2.41. The fourth-order valence-electron chi connectivity index (χ4n) is 4.68. The van der Waals surface area contributed by atoms with E-state index in [4.69, 9.17) is 14.5 Å². The van der Waals surface area contributed by atoms with Gasteiger partial charge in [-0.05, 0) is 55.0 Å². The molecule has 1 amide bonds. The number of amidine groups is 1. The van der Waals surface area contributed by atoms with Gasteiger partial charge in [-0.1, -0.05) is 24.3 Å². The van der Waals surface area contributed by atoms with Crippen LogP contribution in [0.25, 0.3) is 0 Å². The molecule has 6 nitrogen and oxygen atoms in total. The predicted molar refractivity (Wildman–Crippen MR) is 134 cm³/mol. The van der Waals surface area contributed by atoms with E-state index in [1.54, 1.807) is 19.2 Å². The van der Waals surface area contributed by atoms with Gasteiger partial charge in [-0.25, -0.2) is 4.99 Å². The Labute approximate surface area is 212 Å². The molecule has 2 aliphatic heterocycles. The molecule has 3 aromatic rings. The third kappa shape index (κ3) is 5.12. The number of benzene rings is 3. The summed E-state index contributed by atoms with van der Waals surface area (Å²) in [5.41, 5.74) is 1.14. The quantitative estimate of drug-likeness (QED) is 0.456. The molecule has 0 unspecified atom stereocenters. The summed E-state index contributed by atoms with van der Waals surface area (Å²) in [5.74, 6) is 1.88. The average Bonchev–Trinajstić information content (AvgIpc) is 3.05. The molecule has 0 aromatic heterocycles. The smallest absolute Gasteiger partial charge is 0.416 e. The molecule has 1 atom stereocenters. The molecule has 9 heteroatoms. The molecule has 1 saturated heterocycles. The molecule has 2 aliphatic rings. The summed E-state index contributed by atoms with van der Waals surface area (Å²) in [6, 6.07) is 17.9. The molecular weight excluding hydrogens is 483 g/mol. The van der Waals surface area contributed by atoms with Crippen LogP contribution in [-0.2, 0) is 17.4 Å². The van der Waals surface area contributed by atoms with Gasteiger partial charge in [0.2, 0.25) is 5.91 Å². The minimum absolute atomic E-state index is 0.0360. The van der Waals surface area contributed by atoms with E-state index in [-0.39, 0.29) is 17.7 Å². The van der Waals surface area contributed by atoms with E-state index in [0.717, 1.165) is 23.4 Å². The van der Waals surface area contributed by atoms with Crippen LogP contribution < -0.4 is 9.47 Å². The lowest BCUT2D eigenvalue weighted by atomic mass is 10.1. The predicted octanol–water partition coefficient (Wildman–Crippen LogP) is 5.67. The van der Waals surface area contributed by atoms with Gasteiger partial charge in [0.25, 0.3) is 0 Å². The second kappa shape index (κ2) is 9.80. The number of carbonyl (C=O) groups is 1. The van der Waals surface area contributed by atoms with Gasteiger partial charge in [0.1, 0.15) is 23.0 Å². The maximum atomic E-state index is 13.3. The molecule has 0 saturated carbocycles. The van der Waals surface area contributed by atoms with Crippen LogP contribution in [0.2, 0.25) is 0 Å². The second-order valence-electron chi connectivity index (χ2n) is 9.12. The first-order valence-electron chi connectivity index (χ1n) is 12.0. The summed E-state index contributed by atoms with van der Waals surface area (Å²) in [6.45, 7) is 3.54. The number of fused-ring (bicyclic) bond motifs is 2. The third-order valence-electron chi connectivity index (χ3n) is 6.62. The van der Waals surface area contributed by atoms with Gasteiger partial charge in [0.15, 0.2) is 5.75 Å². The number of carbonyl (C=O) groups excluding carboxylic acids is 1. The van der Waals surface area contributed by atoms with Crippen molar-refractivity contribution < 1.29 is 27.4 Å². The summed E-state index contributed by atoms with van der Waals surface area (Å²) < 4.78 is 51.0. The van der Waals surface area contributed by atoms with Crippen LogP contribution in [0.4, 0.5) is 18.9 Å². The van der Waals surface area contributed by atoms with Crippen molar-refractivity contribution in [2.24, 2.45) is 4.99 Å². The first-order chi connectivity index (χ1) is 17.7. The molecule has 37 heavy (non-hydrogen) atoms. The Balaban J connectivity index is 1.38. The minimum Gasteiger partial charge on any atom is -0.497 e. The minimum atomic E-state index is -4.49. The number of nitrogens with zero attached hydrogens (tertiary/aromatic N) is 3. The number of rotatable bonds is 3. The Morgan fingerprint density at radius 1 is 1.05 bits per heavy atom. The molecule has 192 valence electrons. The standard InChI is InChI=1S/C28H26F3N3O3/c1-18-17-33(13-14-34(18)26(35)15-19-7-10-21(36-2)11-8-19)27-22-5-3-4-6-24(22)37-25-16-20(28(29,30)31)9-12-23(25)32-27/h3-12,16,18H,13-15,17H2,1-2H3/t18-/m1/s1. The van der Waals surface area contributed by atoms with Crippen LogP contribution in [0.5, 0.6) is 17.2 Å². The maximum Gasteiger partial charge on any atom is 0.416 e. The normalized spacial score (nSPS) is 17.2. The van der Waals surface area contributed by atoms with E-state index in [0.29, 0.717) is 48.9 Å².